The largest absolute Gasteiger partial charge is 0.455 e. The molecule has 2 aromatic carbocycles. The van der Waals surface area contributed by atoms with Gasteiger partial charge in [0.05, 0.1) is 17.2 Å². The van der Waals surface area contributed by atoms with Crippen molar-refractivity contribution in [2.24, 2.45) is 0 Å². The van der Waals surface area contributed by atoms with Crippen LogP contribution in [0.5, 0.6) is 0 Å². The molecular formula is C20H20O6. The third-order valence-corrected chi connectivity index (χ3v) is 4.10. The van der Waals surface area contributed by atoms with E-state index < -0.39 is 30.4 Å². The van der Waals surface area contributed by atoms with Crippen molar-refractivity contribution >= 4 is 11.9 Å². The fourth-order valence-corrected chi connectivity index (χ4v) is 2.81. The zero-order chi connectivity index (χ0) is 18.5. The summed E-state index contributed by atoms with van der Waals surface area (Å²) in [6, 6.07) is 16.9. The molecule has 26 heavy (non-hydrogen) atoms. The molecule has 1 aliphatic rings. The third kappa shape index (κ3) is 4.28. The molecule has 1 heterocycles. The van der Waals surface area contributed by atoms with E-state index in [1.807, 2.05) is 0 Å². The molecule has 0 aliphatic carbocycles. The molecule has 1 saturated heterocycles. The maximum atomic E-state index is 12.3. The van der Waals surface area contributed by atoms with Gasteiger partial charge in [0.2, 0.25) is 0 Å². The average molecular weight is 356 g/mol. The number of aliphatic hydroxyl groups is 1. The Kier molecular flexibility index (Phi) is 5.65. The van der Waals surface area contributed by atoms with Crippen LogP contribution in [0.2, 0.25) is 0 Å². The van der Waals surface area contributed by atoms with Gasteiger partial charge in [0.1, 0.15) is 6.10 Å². The Morgan fingerprint density at radius 1 is 0.923 bits per heavy atom. The van der Waals surface area contributed by atoms with E-state index in [1.54, 1.807) is 67.6 Å². The minimum absolute atomic E-state index is 0.308. The number of esters is 2. The van der Waals surface area contributed by atoms with Gasteiger partial charge in [-0.3, -0.25) is 0 Å². The maximum Gasteiger partial charge on any atom is 0.338 e. The van der Waals surface area contributed by atoms with Crippen LogP contribution in [0.3, 0.4) is 0 Å². The average Bonchev–Trinajstić information content (AvgIpc) is 2.65. The Balaban J connectivity index is 1.74. The first kappa shape index (κ1) is 18.1. The number of carbonyl (C=O) groups is 2. The first-order valence-corrected chi connectivity index (χ1v) is 8.40. The quantitative estimate of drug-likeness (QED) is 0.848. The van der Waals surface area contributed by atoms with Crippen molar-refractivity contribution in [3.05, 3.63) is 71.8 Å². The SMILES string of the molecule is C[C@@H]1C[C@H](OC(=O)c2ccccc2)[C@H](OC(=O)c2ccccc2)[C@H](O)O1. The number of aliphatic hydroxyl groups excluding tert-OH is 1. The molecule has 0 spiro atoms. The zero-order valence-electron chi connectivity index (χ0n) is 14.3. The van der Waals surface area contributed by atoms with Crippen LogP contribution in [0.25, 0.3) is 0 Å². The second kappa shape index (κ2) is 8.12. The fraction of sp³-hybridized carbons (Fsp3) is 0.300. The topological polar surface area (TPSA) is 82.1 Å². The van der Waals surface area contributed by atoms with Crippen LogP contribution in [0.1, 0.15) is 34.1 Å². The summed E-state index contributed by atoms with van der Waals surface area (Å²) in [5, 5.41) is 10.2. The Morgan fingerprint density at radius 3 is 1.96 bits per heavy atom. The Bertz CT molecular complexity index is 745. The van der Waals surface area contributed by atoms with Gasteiger partial charge in [-0.1, -0.05) is 36.4 Å². The van der Waals surface area contributed by atoms with Crippen LogP contribution in [0.4, 0.5) is 0 Å². The Hall–Kier alpha value is -2.70. The molecule has 136 valence electrons. The molecule has 4 atom stereocenters. The summed E-state index contributed by atoms with van der Waals surface area (Å²) in [5.41, 5.74) is 0.723. The highest BCUT2D eigenvalue weighted by Crippen LogP contribution is 2.25. The number of hydrogen-bond acceptors (Lipinski definition) is 6. The van der Waals surface area contributed by atoms with E-state index in [0.29, 0.717) is 17.5 Å². The van der Waals surface area contributed by atoms with Crippen LogP contribution in [-0.2, 0) is 14.2 Å². The maximum absolute atomic E-state index is 12.3. The Morgan fingerprint density at radius 2 is 1.42 bits per heavy atom. The normalized spacial score (nSPS) is 25.3. The highest BCUT2D eigenvalue weighted by molar-refractivity contribution is 5.90. The highest BCUT2D eigenvalue weighted by atomic mass is 16.7. The lowest BCUT2D eigenvalue weighted by Crippen LogP contribution is -2.51. The summed E-state index contributed by atoms with van der Waals surface area (Å²) < 4.78 is 16.2. The summed E-state index contributed by atoms with van der Waals surface area (Å²) in [5.74, 6) is -1.16. The van der Waals surface area contributed by atoms with Crippen molar-refractivity contribution in [3.8, 4) is 0 Å². The molecule has 0 radical (unpaired) electrons. The number of ether oxygens (including phenoxy) is 3. The highest BCUT2D eigenvalue weighted by Gasteiger charge is 2.42. The Labute approximate surface area is 151 Å². The number of carbonyl (C=O) groups excluding carboxylic acids is 2. The van der Waals surface area contributed by atoms with Gasteiger partial charge in [0.25, 0.3) is 0 Å². The van der Waals surface area contributed by atoms with E-state index in [0.717, 1.165) is 0 Å². The summed E-state index contributed by atoms with van der Waals surface area (Å²) >= 11 is 0. The lowest BCUT2D eigenvalue weighted by molar-refractivity contribution is -0.242. The minimum atomic E-state index is -1.38. The summed E-state index contributed by atoms with van der Waals surface area (Å²) in [4.78, 5) is 24.7. The van der Waals surface area contributed by atoms with Gasteiger partial charge in [0.15, 0.2) is 12.4 Å². The van der Waals surface area contributed by atoms with Crippen LogP contribution >= 0.6 is 0 Å². The second-order valence-electron chi connectivity index (χ2n) is 6.12. The molecule has 1 N–H and O–H groups in total. The van der Waals surface area contributed by atoms with Crippen molar-refractivity contribution in [3.63, 3.8) is 0 Å². The van der Waals surface area contributed by atoms with Gasteiger partial charge in [-0.05, 0) is 31.2 Å². The third-order valence-electron chi connectivity index (χ3n) is 4.10. The molecule has 3 rings (SSSR count). The van der Waals surface area contributed by atoms with E-state index >= 15 is 0 Å². The molecule has 1 fully saturated rings. The molecule has 0 unspecified atom stereocenters. The zero-order valence-corrected chi connectivity index (χ0v) is 14.3. The lowest BCUT2D eigenvalue weighted by atomic mass is 10.0. The van der Waals surface area contributed by atoms with E-state index in [4.69, 9.17) is 14.2 Å². The van der Waals surface area contributed by atoms with Crippen molar-refractivity contribution < 1.29 is 28.9 Å². The van der Waals surface area contributed by atoms with Crippen LogP contribution in [-0.4, -0.2) is 41.6 Å². The number of rotatable bonds is 4. The molecule has 2 aromatic rings. The van der Waals surface area contributed by atoms with Gasteiger partial charge in [-0.15, -0.1) is 0 Å². The van der Waals surface area contributed by atoms with E-state index in [9.17, 15) is 14.7 Å². The van der Waals surface area contributed by atoms with E-state index in [2.05, 4.69) is 0 Å². The van der Waals surface area contributed by atoms with Gasteiger partial charge in [-0.2, -0.15) is 0 Å². The molecule has 1 aliphatic heterocycles. The first-order chi connectivity index (χ1) is 12.5. The van der Waals surface area contributed by atoms with Crippen molar-refractivity contribution in [2.75, 3.05) is 0 Å². The molecular weight excluding hydrogens is 336 g/mol. The van der Waals surface area contributed by atoms with Crippen molar-refractivity contribution in [1.82, 2.24) is 0 Å². The van der Waals surface area contributed by atoms with Crippen molar-refractivity contribution in [1.29, 1.82) is 0 Å². The standard InChI is InChI=1S/C20H20O6/c1-13-12-16(25-18(21)14-8-4-2-5-9-14)17(20(23)24-13)26-19(22)15-10-6-3-7-11-15/h2-11,13,16-17,20,23H,12H2,1H3/t13-,16+,17+,20-/m1/s1. The van der Waals surface area contributed by atoms with Crippen LogP contribution in [0.15, 0.2) is 60.7 Å². The predicted octanol–water partition coefficient (Wildman–Crippen LogP) is 2.56. The van der Waals surface area contributed by atoms with Gasteiger partial charge >= 0.3 is 11.9 Å². The second-order valence-corrected chi connectivity index (χ2v) is 6.12. The molecule has 0 amide bonds. The molecule has 6 heteroatoms. The first-order valence-electron chi connectivity index (χ1n) is 8.40. The summed E-state index contributed by atoms with van der Waals surface area (Å²) in [7, 11) is 0. The molecule has 6 nitrogen and oxygen atoms in total. The predicted molar refractivity (Wildman–Crippen MR) is 92.5 cm³/mol. The molecule has 0 aromatic heterocycles. The molecule has 0 saturated carbocycles. The van der Waals surface area contributed by atoms with Gasteiger partial charge < -0.3 is 19.3 Å². The van der Waals surface area contributed by atoms with Gasteiger partial charge in [0, 0.05) is 6.42 Å². The summed E-state index contributed by atoms with van der Waals surface area (Å²) in [6.07, 6.45) is -3.33. The van der Waals surface area contributed by atoms with Gasteiger partial charge in [-0.25, -0.2) is 9.59 Å². The van der Waals surface area contributed by atoms with Crippen LogP contribution < -0.4 is 0 Å². The van der Waals surface area contributed by atoms with E-state index in [-0.39, 0.29) is 6.10 Å². The molecule has 0 bridgehead atoms. The fourth-order valence-electron chi connectivity index (χ4n) is 2.81. The van der Waals surface area contributed by atoms with E-state index in [1.165, 1.54) is 0 Å². The number of benzene rings is 2. The smallest absolute Gasteiger partial charge is 0.338 e. The minimum Gasteiger partial charge on any atom is -0.455 e. The lowest BCUT2D eigenvalue weighted by Gasteiger charge is -2.37. The number of hydrogen-bond donors (Lipinski definition) is 1. The summed E-state index contributed by atoms with van der Waals surface area (Å²) in [6.45, 7) is 1.75. The van der Waals surface area contributed by atoms with Crippen LogP contribution in [0, 0.1) is 0 Å². The monoisotopic (exact) mass is 356 g/mol. The van der Waals surface area contributed by atoms with Crippen molar-refractivity contribution in [2.45, 2.75) is 37.9 Å².